The van der Waals surface area contributed by atoms with Crippen molar-refractivity contribution in [3.8, 4) is 0 Å². The van der Waals surface area contributed by atoms with Crippen molar-refractivity contribution >= 4 is 17.4 Å². The minimum Gasteiger partial charge on any atom is -0.336 e. The van der Waals surface area contributed by atoms with E-state index in [1.54, 1.807) is 16.8 Å². The van der Waals surface area contributed by atoms with Crippen LogP contribution in [0.1, 0.15) is 49.4 Å². The molecule has 8 heteroatoms. The number of nitrogens with two attached hydrogens (primary N) is 1. The first-order chi connectivity index (χ1) is 11.1. The second kappa shape index (κ2) is 6.99. The lowest BCUT2D eigenvalue weighted by Gasteiger charge is -2.20. The molecule has 23 heavy (non-hydrogen) atoms. The summed E-state index contributed by atoms with van der Waals surface area (Å²) >= 11 is 1.49. The molecule has 0 amide bonds. The topological polar surface area (TPSA) is 99.9 Å². The van der Waals surface area contributed by atoms with Gasteiger partial charge in [-0.25, -0.2) is 4.68 Å². The van der Waals surface area contributed by atoms with Gasteiger partial charge in [-0.15, -0.1) is 10.2 Å². The van der Waals surface area contributed by atoms with E-state index < -0.39 is 4.92 Å². The Morgan fingerprint density at radius 1 is 1.22 bits per heavy atom. The number of non-ortho nitro benzene ring substituents is 1. The highest BCUT2D eigenvalue weighted by Crippen LogP contribution is 2.32. The second-order valence-corrected chi connectivity index (χ2v) is 6.70. The van der Waals surface area contributed by atoms with Crippen LogP contribution in [-0.2, 0) is 5.75 Å². The molecule has 0 bridgehead atoms. The molecular weight excluding hydrogens is 314 g/mol. The molecule has 0 unspecified atom stereocenters. The number of benzene rings is 1. The first-order valence-corrected chi connectivity index (χ1v) is 8.70. The minimum atomic E-state index is -0.399. The van der Waals surface area contributed by atoms with Gasteiger partial charge in [0.15, 0.2) is 5.82 Å². The zero-order chi connectivity index (χ0) is 16.2. The van der Waals surface area contributed by atoms with Crippen LogP contribution in [0.25, 0.3) is 0 Å². The smallest absolute Gasteiger partial charge is 0.269 e. The van der Waals surface area contributed by atoms with Crippen LogP contribution in [-0.4, -0.2) is 19.8 Å². The Bertz CT molecular complexity index is 680. The lowest BCUT2D eigenvalue weighted by atomic mass is 9.89. The Kier molecular flexibility index (Phi) is 4.80. The number of rotatable bonds is 5. The van der Waals surface area contributed by atoms with E-state index in [-0.39, 0.29) is 5.69 Å². The first-order valence-electron chi connectivity index (χ1n) is 7.71. The maximum Gasteiger partial charge on any atom is 0.269 e. The summed E-state index contributed by atoms with van der Waals surface area (Å²) < 4.78 is 1.60. The monoisotopic (exact) mass is 333 g/mol. The summed E-state index contributed by atoms with van der Waals surface area (Å²) in [6, 6.07) is 6.53. The zero-order valence-electron chi connectivity index (χ0n) is 12.7. The quantitative estimate of drug-likeness (QED) is 0.390. The molecule has 0 spiro atoms. The molecule has 1 saturated carbocycles. The summed E-state index contributed by atoms with van der Waals surface area (Å²) in [4.78, 5) is 10.3. The molecule has 1 aromatic carbocycles. The number of hydrogen-bond donors (Lipinski definition) is 1. The van der Waals surface area contributed by atoms with E-state index in [4.69, 9.17) is 5.84 Å². The predicted octanol–water partition coefficient (Wildman–Crippen LogP) is 3.24. The zero-order valence-corrected chi connectivity index (χ0v) is 13.5. The van der Waals surface area contributed by atoms with E-state index in [1.807, 2.05) is 0 Å². The number of nitrogens with zero attached hydrogens (tertiary/aromatic N) is 4. The van der Waals surface area contributed by atoms with E-state index in [9.17, 15) is 10.1 Å². The van der Waals surface area contributed by atoms with E-state index in [0.717, 1.165) is 24.2 Å². The normalized spacial score (nSPS) is 15.7. The average Bonchev–Trinajstić information content (AvgIpc) is 2.95. The maximum atomic E-state index is 10.7. The Balaban J connectivity index is 1.64. The van der Waals surface area contributed by atoms with E-state index in [0.29, 0.717) is 16.8 Å². The number of thioether (sulfide) groups is 1. The van der Waals surface area contributed by atoms with Crippen molar-refractivity contribution in [1.82, 2.24) is 14.9 Å². The van der Waals surface area contributed by atoms with Crippen molar-refractivity contribution in [1.29, 1.82) is 0 Å². The fourth-order valence-corrected chi connectivity index (χ4v) is 3.71. The van der Waals surface area contributed by atoms with Gasteiger partial charge in [0.1, 0.15) is 0 Å². The third-order valence-electron chi connectivity index (χ3n) is 4.18. The molecule has 0 atom stereocenters. The van der Waals surface area contributed by atoms with Crippen molar-refractivity contribution in [2.24, 2.45) is 0 Å². The van der Waals surface area contributed by atoms with Gasteiger partial charge in [0.05, 0.1) is 4.92 Å². The van der Waals surface area contributed by atoms with Gasteiger partial charge in [-0.1, -0.05) is 43.2 Å². The van der Waals surface area contributed by atoms with Crippen LogP contribution in [0.2, 0.25) is 0 Å². The van der Waals surface area contributed by atoms with Crippen LogP contribution >= 0.6 is 11.8 Å². The highest BCUT2D eigenvalue weighted by atomic mass is 32.2. The standard InChI is InChI=1S/C15H19N5O2S/c16-19-14(12-4-2-1-3-5-12)17-18-15(19)23-10-11-6-8-13(9-7-11)20(21)22/h6-9,12H,1-5,10,16H2. The molecule has 2 N–H and O–H groups in total. The molecule has 1 fully saturated rings. The summed E-state index contributed by atoms with van der Waals surface area (Å²) in [6.07, 6.45) is 5.99. The summed E-state index contributed by atoms with van der Waals surface area (Å²) in [5, 5.41) is 19.8. The molecule has 0 saturated heterocycles. The highest BCUT2D eigenvalue weighted by Gasteiger charge is 2.22. The molecule has 1 heterocycles. The third-order valence-corrected chi connectivity index (χ3v) is 5.19. The molecule has 1 aromatic heterocycles. The highest BCUT2D eigenvalue weighted by molar-refractivity contribution is 7.98. The Hall–Kier alpha value is -2.09. The van der Waals surface area contributed by atoms with Gasteiger partial charge >= 0.3 is 0 Å². The first kappa shape index (κ1) is 15.8. The van der Waals surface area contributed by atoms with Crippen LogP contribution in [0.4, 0.5) is 5.69 Å². The summed E-state index contributed by atoms with van der Waals surface area (Å²) in [5.41, 5.74) is 1.09. The van der Waals surface area contributed by atoms with E-state index in [2.05, 4.69) is 10.2 Å². The molecule has 0 radical (unpaired) electrons. The van der Waals surface area contributed by atoms with Gasteiger partial charge in [0.25, 0.3) is 5.69 Å². The molecule has 1 aliphatic rings. The largest absolute Gasteiger partial charge is 0.336 e. The van der Waals surface area contributed by atoms with Crippen LogP contribution in [0.3, 0.4) is 0 Å². The van der Waals surface area contributed by atoms with Gasteiger partial charge < -0.3 is 5.84 Å². The molecule has 2 aromatic rings. The van der Waals surface area contributed by atoms with Crippen molar-refractivity contribution in [2.45, 2.75) is 48.9 Å². The van der Waals surface area contributed by atoms with Crippen molar-refractivity contribution in [3.05, 3.63) is 45.8 Å². The molecule has 1 aliphatic carbocycles. The average molecular weight is 333 g/mol. The van der Waals surface area contributed by atoms with Crippen molar-refractivity contribution in [2.75, 3.05) is 5.84 Å². The van der Waals surface area contributed by atoms with Gasteiger partial charge in [-0.2, -0.15) is 0 Å². The second-order valence-electron chi connectivity index (χ2n) is 5.76. The van der Waals surface area contributed by atoms with Gasteiger partial charge in [-0.05, 0) is 18.4 Å². The van der Waals surface area contributed by atoms with Gasteiger partial charge in [-0.3, -0.25) is 10.1 Å². The number of nitro benzene ring substituents is 1. The minimum absolute atomic E-state index is 0.0975. The summed E-state index contributed by atoms with van der Waals surface area (Å²) in [7, 11) is 0. The summed E-state index contributed by atoms with van der Waals surface area (Å²) in [6.45, 7) is 0. The number of hydrogen-bond acceptors (Lipinski definition) is 6. The predicted molar refractivity (Wildman–Crippen MR) is 88.7 cm³/mol. The van der Waals surface area contributed by atoms with Gasteiger partial charge in [0.2, 0.25) is 5.16 Å². The fourth-order valence-electron chi connectivity index (χ4n) is 2.89. The Morgan fingerprint density at radius 3 is 2.57 bits per heavy atom. The van der Waals surface area contributed by atoms with Gasteiger partial charge in [0, 0.05) is 23.8 Å². The fraction of sp³-hybridized carbons (Fsp3) is 0.467. The van der Waals surface area contributed by atoms with Crippen LogP contribution in [0, 0.1) is 10.1 Å². The third kappa shape index (κ3) is 3.64. The lowest BCUT2D eigenvalue weighted by Crippen LogP contribution is -2.18. The molecular formula is C15H19N5O2S. The van der Waals surface area contributed by atoms with Crippen LogP contribution < -0.4 is 5.84 Å². The SMILES string of the molecule is Nn1c(SCc2ccc([N+](=O)[O-])cc2)nnc1C1CCCCC1. The number of nitrogen functional groups attached to an aromatic ring is 1. The van der Waals surface area contributed by atoms with Crippen LogP contribution in [0.5, 0.6) is 0 Å². The van der Waals surface area contributed by atoms with E-state index in [1.165, 1.54) is 43.2 Å². The number of aromatic nitrogens is 3. The van der Waals surface area contributed by atoms with Crippen molar-refractivity contribution < 1.29 is 4.92 Å². The Labute approximate surface area is 138 Å². The number of nitro groups is 1. The van der Waals surface area contributed by atoms with Crippen LogP contribution in [0.15, 0.2) is 29.4 Å². The maximum absolute atomic E-state index is 10.7. The Morgan fingerprint density at radius 2 is 1.91 bits per heavy atom. The lowest BCUT2D eigenvalue weighted by molar-refractivity contribution is -0.384. The molecule has 122 valence electrons. The van der Waals surface area contributed by atoms with E-state index >= 15 is 0 Å². The molecule has 3 rings (SSSR count). The molecule has 7 nitrogen and oxygen atoms in total. The summed E-state index contributed by atoms with van der Waals surface area (Å²) in [5.74, 6) is 8.08. The van der Waals surface area contributed by atoms with Crippen molar-refractivity contribution in [3.63, 3.8) is 0 Å². The molecule has 0 aliphatic heterocycles.